The van der Waals surface area contributed by atoms with E-state index in [0.29, 0.717) is 5.11 Å². The molecule has 0 unspecified atom stereocenters. The van der Waals surface area contributed by atoms with Crippen LogP contribution in [0.4, 0.5) is 0 Å². The molecular formula is C17H32N2O2S. The molecule has 0 saturated carbocycles. The fourth-order valence-corrected chi connectivity index (χ4v) is 2.20. The predicted molar refractivity (Wildman–Crippen MR) is 96.0 cm³/mol. The van der Waals surface area contributed by atoms with Crippen molar-refractivity contribution < 1.29 is 9.59 Å². The second kappa shape index (κ2) is 10.7. The summed E-state index contributed by atoms with van der Waals surface area (Å²) < 4.78 is 0. The summed E-state index contributed by atoms with van der Waals surface area (Å²) in [5.41, 5.74) is -0.428. The van der Waals surface area contributed by atoms with Crippen LogP contribution in [0.3, 0.4) is 0 Å². The van der Waals surface area contributed by atoms with Crippen molar-refractivity contribution in [2.75, 3.05) is 13.1 Å². The first-order chi connectivity index (χ1) is 10.2. The minimum atomic E-state index is -0.214. The van der Waals surface area contributed by atoms with E-state index in [0.717, 1.165) is 64.2 Å². The summed E-state index contributed by atoms with van der Waals surface area (Å²) in [7, 11) is 0. The lowest BCUT2D eigenvalue weighted by Gasteiger charge is -2.17. The molecule has 4 nitrogen and oxygen atoms in total. The average molecular weight is 329 g/mol. The summed E-state index contributed by atoms with van der Waals surface area (Å²) in [6.07, 6.45) is 7.91. The summed E-state index contributed by atoms with van der Waals surface area (Å²) in [5.74, 6) is 0. The van der Waals surface area contributed by atoms with Gasteiger partial charge in [0.25, 0.3) is 0 Å². The van der Waals surface area contributed by atoms with Crippen LogP contribution in [-0.2, 0) is 9.59 Å². The third kappa shape index (κ3) is 11.7. The maximum absolute atomic E-state index is 10.8. The van der Waals surface area contributed by atoms with Crippen molar-refractivity contribution >= 4 is 29.9 Å². The quantitative estimate of drug-likeness (QED) is 0.327. The van der Waals surface area contributed by atoms with Crippen molar-refractivity contribution in [3.63, 3.8) is 0 Å². The van der Waals surface area contributed by atoms with Gasteiger partial charge < -0.3 is 20.2 Å². The zero-order valence-electron chi connectivity index (χ0n) is 14.5. The van der Waals surface area contributed by atoms with Crippen LogP contribution in [0.15, 0.2) is 0 Å². The molecule has 0 aliphatic heterocycles. The molecule has 0 atom stereocenters. The highest BCUT2D eigenvalue weighted by Crippen LogP contribution is 2.20. The van der Waals surface area contributed by atoms with E-state index in [9.17, 15) is 9.59 Å². The maximum atomic E-state index is 10.8. The number of hydrogen-bond acceptors (Lipinski definition) is 3. The molecule has 0 aliphatic rings. The SMILES string of the molecule is CC(C)(C=O)CCCCNC(=S)NCCCCC(C)(C)C=O. The molecular weight excluding hydrogens is 296 g/mol. The van der Waals surface area contributed by atoms with E-state index < -0.39 is 0 Å². The molecule has 128 valence electrons. The molecule has 0 saturated heterocycles. The summed E-state index contributed by atoms with van der Waals surface area (Å²) in [4.78, 5) is 21.6. The first kappa shape index (κ1) is 21.0. The molecule has 0 fully saturated rings. The van der Waals surface area contributed by atoms with Crippen molar-refractivity contribution in [3.8, 4) is 0 Å². The minimum absolute atomic E-state index is 0.214. The van der Waals surface area contributed by atoms with Gasteiger partial charge in [0.1, 0.15) is 12.6 Å². The van der Waals surface area contributed by atoms with E-state index in [2.05, 4.69) is 10.6 Å². The van der Waals surface area contributed by atoms with Gasteiger partial charge in [-0.15, -0.1) is 0 Å². The van der Waals surface area contributed by atoms with Crippen LogP contribution >= 0.6 is 12.2 Å². The first-order valence-electron chi connectivity index (χ1n) is 8.17. The van der Waals surface area contributed by atoms with Crippen molar-refractivity contribution in [1.29, 1.82) is 0 Å². The van der Waals surface area contributed by atoms with Crippen LogP contribution in [0.1, 0.15) is 66.2 Å². The lowest BCUT2D eigenvalue weighted by atomic mass is 9.89. The Balaban J connectivity index is 3.51. The minimum Gasteiger partial charge on any atom is -0.363 e. The van der Waals surface area contributed by atoms with Crippen molar-refractivity contribution in [2.24, 2.45) is 10.8 Å². The van der Waals surface area contributed by atoms with Gasteiger partial charge >= 0.3 is 0 Å². The van der Waals surface area contributed by atoms with Gasteiger partial charge in [-0.05, 0) is 37.9 Å². The Kier molecular flexibility index (Phi) is 10.2. The van der Waals surface area contributed by atoms with Crippen LogP contribution in [0.2, 0.25) is 0 Å². The summed E-state index contributed by atoms with van der Waals surface area (Å²) in [6, 6.07) is 0. The Bertz CT molecular complexity index is 323. The van der Waals surface area contributed by atoms with Crippen molar-refractivity contribution in [1.82, 2.24) is 10.6 Å². The molecule has 0 aromatic rings. The standard InChI is InChI=1S/C17H32N2O2S/c1-16(2,13-20)9-5-7-11-18-15(22)19-12-8-6-10-17(3,4)14-21/h13-14H,5-12H2,1-4H3,(H2,18,19,22). The van der Waals surface area contributed by atoms with E-state index in [-0.39, 0.29) is 10.8 Å². The topological polar surface area (TPSA) is 58.2 Å². The molecule has 0 spiro atoms. The fourth-order valence-electron chi connectivity index (χ4n) is 2.00. The Labute approximate surface area is 140 Å². The number of carbonyl (C=O) groups excluding carboxylic acids is 2. The first-order valence-corrected chi connectivity index (χ1v) is 8.58. The number of rotatable bonds is 12. The Morgan fingerprint density at radius 2 is 1.18 bits per heavy atom. The number of nitrogens with one attached hydrogen (secondary N) is 2. The number of thiocarbonyl (C=S) groups is 1. The van der Waals surface area contributed by atoms with Gasteiger partial charge in [0.15, 0.2) is 5.11 Å². The maximum Gasteiger partial charge on any atom is 0.166 e. The normalized spacial score (nSPS) is 11.8. The highest BCUT2D eigenvalue weighted by molar-refractivity contribution is 7.80. The van der Waals surface area contributed by atoms with Crippen LogP contribution in [0.5, 0.6) is 0 Å². The van der Waals surface area contributed by atoms with Gasteiger partial charge in [0.2, 0.25) is 0 Å². The van der Waals surface area contributed by atoms with Gasteiger partial charge in [-0.2, -0.15) is 0 Å². The summed E-state index contributed by atoms with van der Waals surface area (Å²) in [5, 5.41) is 7.05. The number of hydrogen-bond donors (Lipinski definition) is 2. The molecule has 0 aromatic heterocycles. The lowest BCUT2D eigenvalue weighted by Crippen LogP contribution is -2.36. The Morgan fingerprint density at radius 3 is 1.50 bits per heavy atom. The van der Waals surface area contributed by atoms with E-state index in [1.165, 1.54) is 0 Å². The van der Waals surface area contributed by atoms with Crippen LogP contribution < -0.4 is 10.6 Å². The van der Waals surface area contributed by atoms with E-state index in [1.807, 2.05) is 27.7 Å². The smallest absolute Gasteiger partial charge is 0.166 e. The van der Waals surface area contributed by atoms with Gasteiger partial charge in [-0.25, -0.2) is 0 Å². The summed E-state index contributed by atoms with van der Waals surface area (Å²) >= 11 is 5.21. The van der Waals surface area contributed by atoms with Crippen LogP contribution in [0, 0.1) is 10.8 Å². The van der Waals surface area contributed by atoms with E-state index in [1.54, 1.807) is 0 Å². The molecule has 0 rings (SSSR count). The van der Waals surface area contributed by atoms with E-state index in [4.69, 9.17) is 12.2 Å². The second-order valence-electron chi connectivity index (χ2n) is 7.31. The molecule has 0 amide bonds. The van der Waals surface area contributed by atoms with Crippen molar-refractivity contribution in [3.05, 3.63) is 0 Å². The van der Waals surface area contributed by atoms with Gasteiger partial charge in [-0.1, -0.05) is 40.5 Å². The van der Waals surface area contributed by atoms with Crippen molar-refractivity contribution in [2.45, 2.75) is 66.2 Å². The Hall–Kier alpha value is -0.970. The molecule has 0 bridgehead atoms. The third-order valence-electron chi connectivity index (χ3n) is 3.70. The highest BCUT2D eigenvalue weighted by Gasteiger charge is 2.15. The molecule has 2 N–H and O–H groups in total. The number of unbranched alkanes of at least 4 members (excludes halogenated alkanes) is 2. The third-order valence-corrected chi connectivity index (χ3v) is 3.99. The van der Waals surface area contributed by atoms with Gasteiger partial charge in [0.05, 0.1) is 0 Å². The predicted octanol–water partition coefficient (Wildman–Crippen LogP) is 3.24. The average Bonchev–Trinajstić information content (AvgIpc) is 2.46. The molecule has 0 radical (unpaired) electrons. The van der Waals surface area contributed by atoms with Crippen LogP contribution in [-0.4, -0.2) is 30.8 Å². The number of aldehydes is 2. The second-order valence-corrected chi connectivity index (χ2v) is 7.72. The lowest BCUT2D eigenvalue weighted by molar-refractivity contribution is -0.115. The molecule has 22 heavy (non-hydrogen) atoms. The molecule has 5 heteroatoms. The zero-order valence-corrected chi connectivity index (χ0v) is 15.4. The molecule has 0 heterocycles. The molecule has 0 aliphatic carbocycles. The van der Waals surface area contributed by atoms with E-state index >= 15 is 0 Å². The van der Waals surface area contributed by atoms with Crippen LogP contribution in [0.25, 0.3) is 0 Å². The van der Waals surface area contributed by atoms with Gasteiger partial charge in [-0.3, -0.25) is 0 Å². The summed E-state index contributed by atoms with van der Waals surface area (Å²) in [6.45, 7) is 9.52. The van der Waals surface area contributed by atoms with Gasteiger partial charge in [0, 0.05) is 23.9 Å². The fraction of sp³-hybridized carbons (Fsp3) is 0.824. The number of carbonyl (C=O) groups is 2. The Morgan fingerprint density at radius 1 is 0.818 bits per heavy atom. The highest BCUT2D eigenvalue weighted by atomic mass is 32.1. The monoisotopic (exact) mass is 328 g/mol. The largest absolute Gasteiger partial charge is 0.363 e. The molecule has 0 aromatic carbocycles. The zero-order chi connectivity index (χ0) is 17.1.